The van der Waals surface area contributed by atoms with E-state index in [-0.39, 0.29) is 0 Å². The van der Waals surface area contributed by atoms with Crippen LogP contribution in [0, 0.1) is 0 Å². The van der Waals surface area contributed by atoms with Gasteiger partial charge < -0.3 is 9.47 Å². The SMILES string of the molecule is Brc1cc2c(c(C(Br)CCC3CCCO3)c1)OCC2. The third kappa shape index (κ3) is 3.17. The predicted octanol–water partition coefficient (Wildman–Crippen LogP) is 4.78. The first-order valence-corrected chi connectivity index (χ1v) is 8.65. The quantitative estimate of drug-likeness (QED) is 0.690. The van der Waals surface area contributed by atoms with Crippen LogP contribution in [0.25, 0.3) is 0 Å². The van der Waals surface area contributed by atoms with Gasteiger partial charge in [0, 0.05) is 27.9 Å². The van der Waals surface area contributed by atoms with Gasteiger partial charge in [0.15, 0.2) is 0 Å². The molecule has 0 aromatic heterocycles. The number of hydrogen-bond donors (Lipinski definition) is 0. The Morgan fingerprint density at radius 3 is 3.00 bits per heavy atom. The molecule has 1 aromatic rings. The van der Waals surface area contributed by atoms with Crippen molar-refractivity contribution < 1.29 is 9.47 Å². The van der Waals surface area contributed by atoms with Gasteiger partial charge in [0.25, 0.3) is 0 Å². The van der Waals surface area contributed by atoms with Gasteiger partial charge in [-0.05, 0) is 43.4 Å². The molecule has 0 spiro atoms. The summed E-state index contributed by atoms with van der Waals surface area (Å²) >= 11 is 7.43. The van der Waals surface area contributed by atoms with Gasteiger partial charge in [-0.2, -0.15) is 0 Å². The van der Waals surface area contributed by atoms with Crippen LogP contribution in [0.4, 0.5) is 0 Å². The van der Waals surface area contributed by atoms with Gasteiger partial charge in [-0.1, -0.05) is 31.9 Å². The van der Waals surface area contributed by atoms with Gasteiger partial charge in [-0.25, -0.2) is 0 Å². The van der Waals surface area contributed by atoms with Gasteiger partial charge in [0.1, 0.15) is 5.75 Å². The maximum Gasteiger partial charge on any atom is 0.127 e. The van der Waals surface area contributed by atoms with Gasteiger partial charge in [0.2, 0.25) is 0 Å². The Kier molecular flexibility index (Phi) is 4.50. The Bertz CT molecular complexity index is 456. The molecule has 2 atom stereocenters. The van der Waals surface area contributed by atoms with Gasteiger partial charge in [-0.15, -0.1) is 0 Å². The third-order valence-corrected chi connectivity index (χ3v) is 5.29. The predicted molar refractivity (Wildman–Crippen MR) is 83.2 cm³/mol. The van der Waals surface area contributed by atoms with Crippen molar-refractivity contribution in [2.24, 2.45) is 0 Å². The first-order valence-electron chi connectivity index (χ1n) is 6.95. The lowest BCUT2D eigenvalue weighted by Crippen LogP contribution is -2.06. The molecule has 0 amide bonds. The molecule has 3 rings (SSSR count). The zero-order valence-electron chi connectivity index (χ0n) is 10.8. The monoisotopic (exact) mass is 388 g/mol. The maximum absolute atomic E-state index is 5.80. The Balaban J connectivity index is 1.70. The zero-order chi connectivity index (χ0) is 13.2. The normalized spacial score (nSPS) is 23.2. The minimum Gasteiger partial charge on any atom is -0.493 e. The van der Waals surface area contributed by atoms with Crippen molar-refractivity contribution in [1.29, 1.82) is 0 Å². The summed E-state index contributed by atoms with van der Waals surface area (Å²) in [7, 11) is 0. The lowest BCUT2D eigenvalue weighted by atomic mass is 10.0. The molecule has 2 aliphatic heterocycles. The largest absolute Gasteiger partial charge is 0.493 e. The van der Waals surface area contributed by atoms with E-state index in [2.05, 4.69) is 44.0 Å². The molecule has 1 fully saturated rings. The van der Waals surface area contributed by atoms with Crippen molar-refractivity contribution in [3.63, 3.8) is 0 Å². The van der Waals surface area contributed by atoms with Crippen molar-refractivity contribution >= 4 is 31.9 Å². The minimum atomic E-state index is 0.348. The van der Waals surface area contributed by atoms with E-state index in [4.69, 9.17) is 9.47 Å². The van der Waals surface area contributed by atoms with E-state index in [1.54, 1.807) is 0 Å². The average molecular weight is 390 g/mol. The summed E-state index contributed by atoms with van der Waals surface area (Å²) in [5.74, 6) is 1.09. The second kappa shape index (κ2) is 6.15. The summed E-state index contributed by atoms with van der Waals surface area (Å²) in [5, 5.41) is 0. The van der Waals surface area contributed by atoms with Gasteiger partial charge in [0.05, 0.1) is 12.7 Å². The average Bonchev–Trinajstić information content (AvgIpc) is 3.05. The highest BCUT2D eigenvalue weighted by atomic mass is 79.9. The molecule has 0 bridgehead atoms. The van der Waals surface area contributed by atoms with Crippen molar-refractivity contribution in [1.82, 2.24) is 0 Å². The van der Waals surface area contributed by atoms with E-state index in [1.165, 1.54) is 24.0 Å². The fourth-order valence-electron chi connectivity index (χ4n) is 2.89. The highest BCUT2D eigenvalue weighted by Gasteiger charge is 2.23. The maximum atomic E-state index is 5.80. The summed E-state index contributed by atoms with van der Waals surface area (Å²) in [6.07, 6.45) is 6.13. The summed E-state index contributed by atoms with van der Waals surface area (Å²) in [6, 6.07) is 4.35. The molecule has 2 unspecified atom stereocenters. The molecular weight excluding hydrogens is 372 g/mol. The lowest BCUT2D eigenvalue weighted by Gasteiger charge is -2.16. The number of rotatable bonds is 4. The molecule has 104 valence electrons. The highest BCUT2D eigenvalue weighted by Crippen LogP contribution is 2.41. The van der Waals surface area contributed by atoms with Gasteiger partial charge >= 0.3 is 0 Å². The van der Waals surface area contributed by atoms with Crippen LogP contribution >= 0.6 is 31.9 Å². The van der Waals surface area contributed by atoms with E-state index in [0.717, 1.165) is 42.7 Å². The number of benzene rings is 1. The van der Waals surface area contributed by atoms with Crippen molar-refractivity contribution in [2.45, 2.75) is 43.0 Å². The zero-order valence-corrected chi connectivity index (χ0v) is 14.0. The van der Waals surface area contributed by atoms with Crippen LogP contribution in [-0.2, 0) is 11.2 Å². The van der Waals surface area contributed by atoms with Crippen molar-refractivity contribution in [3.05, 3.63) is 27.7 Å². The summed E-state index contributed by atoms with van der Waals surface area (Å²) in [5.41, 5.74) is 2.60. The van der Waals surface area contributed by atoms with E-state index in [9.17, 15) is 0 Å². The second-order valence-electron chi connectivity index (χ2n) is 5.26. The molecule has 1 aromatic carbocycles. The summed E-state index contributed by atoms with van der Waals surface area (Å²) < 4.78 is 12.6. The van der Waals surface area contributed by atoms with Crippen LogP contribution in [0.5, 0.6) is 5.75 Å². The molecule has 1 saturated heterocycles. The number of hydrogen-bond acceptors (Lipinski definition) is 2. The summed E-state index contributed by atoms with van der Waals surface area (Å²) in [6.45, 7) is 1.75. The first-order chi connectivity index (χ1) is 9.24. The molecule has 19 heavy (non-hydrogen) atoms. The Morgan fingerprint density at radius 2 is 2.21 bits per heavy atom. The molecule has 2 aliphatic rings. The van der Waals surface area contributed by atoms with E-state index in [0.29, 0.717) is 10.9 Å². The van der Waals surface area contributed by atoms with E-state index in [1.807, 2.05) is 0 Å². The standard InChI is InChI=1S/C15H18Br2O2/c16-11-8-10-5-7-19-15(10)13(9-11)14(17)4-3-12-2-1-6-18-12/h8-9,12,14H,1-7H2. The van der Waals surface area contributed by atoms with Gasteiger partial charge in [-0.3, -0.25) is 0 Å². The number of halogens is 2. The van der Waals surface area contributed by atoms with Crippen LogP contribution in [-0.4, -0.2) is 19.3 Å². The first kappa shape index (κ1) is 13.9. The third-order valence-electron chi connectivity index (χ3n) is 3.88. The Labute approximate surface area is 131 Å². The molecule has 0 radical (unpaired) electrons. The fourth-order valence-corrected chi connectivity index (χ4v) is 4.02. The molecular formula is C15H18Br2O2. The van der Waals surface area contributed by atoms with Crippen molar-refractivity contribution in [2.75, 3.05) is 13.2 Å². The number of fused-ring (bicyclic) bond motifs is 1. The Morgan fingerprint density at radius 1 is 1.32 bits per heavy atom. The van der Waals surface area contributed by atoms with Crippen LogP contribution in [0.1, 0.15) is 41.6 Å². The fraction of sp³-hybridized carbons (Fsp3) is 0.600. The molecule has 2 nitrogen and oxygen atoms in total. The molecule has 2 heterocycles. The van der Waals surface area contributed by atoms with E-state index >= 15 is 0 Å². The number of alkyl halides is 1. The lowest BCUT2D eigenvalue weighted by molar-refractivity contribution is 0.102. The van der Waals surface area contributed by atoms with Crippen LogP contribution in [0.3, 0.4) is 0 Å². The van der Waals surface area contributed by atoms with Crippen molar-refractivity contribution in [3.8, 4) is 5.75 Å². The molecule has 0 N–H and O–H groups in total. The van der Waals surface area contributed by atoms with Crippen LogP contribution < -0.4 is 4.74 Å². The van der Waals surface area contributed by atoms with E-state index < -0.39 is 0 Å². The number of ether oxygens (including phenoxy) is 2. The topological polar surface area (TPSA) is 18.5 Å². The minimum absolute atomic E-state index is 0.348. The molecule has 4 heteroatoms. The molecule has 0 saturated carbocycles. The van der Waals surface area contributed by atoms with Crippen LogP contribution in [0.2, 0.25) is 0 Å². The van der Waals surface area contributed by atoms with Crippen LogP contribution in [0.15, 0.2) is 16.6 Å². The second-order valence-corrected chi connectivity index (χ2v) is 7.28. The molecule has 0 aliphatic carbocycles. The smallest absolute Gasteiger partial charge is 0.127 e. The Hall–Kier alpha value is -0.0600. The highest BCUT2D eigenvalue weighted by molar-refractivity contribution is 9.10. The summed E-state index contributed by atoms with van der Waals surface area (Å²) in [4.78, 5) is 0.348.